The highest BCUT2D eigenvalue weighted by Crippen LogP contribution is 2.20. The van der Waals surface area contributed by atoms with Crippen molar-refractivity contribution in [3.05, 3.63) is 46.3 Å². The van der Waals surface area contributed by atoms with Crippen LogP contribution in [0.1, 0.15) is 16.2 Å². The van der Waals surface area contributed by atoms with Crippen LogP contribution in [-0.2, 0) is 10.0 Å². The Morgan fingerprint density at radius 2 is 1.79 bits per heavy atom. The molecule has 9 heteroatoms. The molecule has 0 radical (unpaired) electrons. The average molecular weight is 414 g/mol. The van der Waals surface area contributed by atoms with Crippen molar-refractivity contribution in [3.63, 3.8) is 0 Å². The lowest BCUT2D eigenvalue weighted by Gasteiger charge is -2.33. The molecule has 1 aliphatic rings. The monoisotopic (exact) mass is 413 g/mol. The third-order valence-corrected chi connectivity index (χ3v) is 6.27. The molecule has 3 rings (SSSR count). The summed E-state index contributed by atoms with van der Waals surface area (Å²) in [5, 5.41) is 3.71. The van der Waals surface area contributed by atoms with Crippen molar-refractivity contribution in [1.29, 1.82) is 0 Å². The minimum atomic E-state index is -3.55. The van der Waals surface area contributed by atoms with Gasteiger partial charge in [-0.05, 0) is 31.2 Å². The largest absolute Gasteiger partial charge is 0.361 e. The van der Waals surface area contributed by atoms with Crippen molar-refractivity contribution < 1.29 is 17.7 Å². The number of piperazine rings is 1. The molecule has 128 valence electrons. The van der Waals surface area contributed by atoms with E-state index in [0.717, 1.165) is 4.47 Å². The first kappa shape index (κ1) is 17.1. The van der Waals surface area contributed by atoms with E-state index in [9.17, 15) is 13.2 Å². The number of nitrogens with zero attached hydrogens (tertiary/aromatic N) is 3. The second-order valence-electron chi connectivity index (χ2n) is 5.47. The zero-order valence-electron chi connectivity index (χ0n) is 13.0. The summed E-state index contributed by atoms with van der Waals surface area (Å²) in [6.07, 6.45) is 0. The number of hydrogen-bond donors (Lipinski definition) is 0. The lowest BCUT2D eigenvalue weighted by atomic mass is 10.3. The van der Waals surface area contributed by atoms with Gasteiger partial charge in [0.25, 0.3) is 5.91 Å². The molecule has 7 nitrogen and oxygen atoms in total. The lowest BCUT2D eigenvalue weighted by Crippen LogP contribution is -2.50. The fourth-order valence-electron chi connectivity index (χ4n) is 2.52. The maximum atomic E-state index is 12.6. The molecular formula is C15H16BrN3O4S. The van der Waals surface area contributed by atoms with Gasteiger partial charge in [0.15, 0.2) is 5.69 Å². The third-order valence-electron chi connectivity index (χ3n) is 3.82. The molecule has 0 spiro atoms. The first-order valence-corrected chi connectivity index (χ1v) is 9.59. The molecule has 2 heterocycles. The van der Waals surface area contributed by atoms with Crippen LogP contribution in [0.25, 0.3) is 0 Å². The van der Waals surface area contributed by atoms with E-state index >= 15 is 0 Å². The molecule has 1 aromatic heterocycles. The zero-order chi connectivity index (χ0) is 17.3. The maximum Gasteiger partial charge on any atom is 0.276 e. The van der Waals surface area contributed by atoms with E-state index in [1.807, 2.05) is 0 Å². The molecule has 1 amide bonds. The van der Waals surface area contributed by atoms with Crippen LogP contribution in [0.4, 0.5) is 0 Å². The fraction of sp³-hybridized carbons (Fsp3) is 0.333. The Morgan fingerprint density at radius 3 is 2.33 bits per heavy atom. The number of halogens is 1. The summed E-state index contributed by atoms with van der Waals surface area (Å²) in [6, 6.07) is 8.09. The molecular weight excluding hydrogens is 398 g/mol. The fourth-order valence-corrected chi connectivity index (χ4v) is 4.20. The van der Waals surface area contributed by atoms with E-state index < -0.39 is 10.0 Å². The van der Waals surface area contributed by atoms with E-state index in [-0.39, 0.29) is 29.6 Å². The van der Waals surface area contributed by atoms with Crippen molar-refractivity contribution >= 4 is 31.9 Å². The van der Waals surface area contributed by atoms with Crippen LogP contribution in [0.5, 0.6) is 0 Å². The Hall–Kier alpha value is -1.71. The van der Waals surface area contributed by atoms with Crippen LogP contribution in [0.2, 0.25) is 0 Å². The Morgan fingerprint density at radius 1 is 1.17 bits per heavy atom. The zero-order valence-corrected chi connectivity index (χ0v) is 15.4. The van der Waals surface area contributed by atoms with E-state index in [0.29, 0.717) is 18.8 Å². The quantitative estimate of drug-likeness (QED) is 0.766. The Kier molecular flexibility index (Phi) is 4.75. The summed E-state index contributed by atoms with van der Waals surface area (Å²) in [5.41, 5.74) is 0.247. The first-order chi connectivity index (χ1) is 11.4. The lowest BCUT2D eigenvalue weighted by molar-refractivity contribution is 0.0687. The number of rotatable bonds is 3. The van der Waals surface area contributed by atoms with Gasteiger partial charge in [0.05, 0.1) is 4.90 Å². The van der Waals surface area contributed by atoms with Crippen LogP contribution in [-0.4, -0.2) is 54.9 Å². The van der Waals surface area contributed by atoms with Crippen molar-refractivity contribution in [2.45, 2.75) is 11.8 Å². The number of sulfonamides is 1. The van der Waals surface area contributed by atoms with Gasteiger partial charge in [-0.3, -0.25) is 4.79 Å². The Balaban J connectivity index is 1.68. The van der Waals surface area contributed by atoms with Crippen molar-refractivity contribution in [3.8, 4) is 0 Å². The van der Waals surface area contributed by atoms with Gasteiger partial charge in [0.1, 0.15) is 5.76 Å². The highest BCUT2D eigenvalue weighted by Gasteiger charge is 2.31. The van der Waals surface area contributed by atoms with E-state index in [1.54, 1.807) is 42.2 Å². The molecule has 2 aromatic rings. The minimum Gasteiger partial charge on any atom is -0.361 e. The van der Waals surface area contributed by atoms with Crippen LogP contribution < -0.4 is 0 Å². The van der Waals surface area contributed by atoms with Gasteiger partial charge in [0.2, 0.25) is 10.0 Å². The van der Waals surface area contributed by atoms with Gasteiger partial charge >= 0.3 is 0 Å². The summed E-state index contributed by atoms with van der Waals surface area (Å²) in [5.74, 6) is 0.322. The van der Waals surface area contributed by atoms with E-state index in [1.165, 1.54) is 4.31 Å². The van der Waals surface area contributed by atoms with Gasteiger partial charge in [-0.25, -0.2) is 8.42 Å². The SMILES string of the molecule is Cc1cc(C(=O)N2CCN(S(=O)(=O)c3ccc(Br)cc3)CC2)no1. The second-order valence-corrected chi connectivity index (χ2v) is 8.33. The van der Waals surface area contributed by atoms with E-state index in [4.69, 9.17) is 4.52 Å². The summed E-state index contributed by atoms with van der Waals surface area (Å²) >= 11 is 3.29. The number of benzene rings is 1. The predicted octanol–water partition coefficient (Wildman–Crippen LogP) is 1.89. The molecule has 0 unspecified atom stereocenters. The molecule has 1 aromatic carbocycles. The van der Waals surface area contributed by atoms with Gasteiger partial charge in [-0.2, -0.15) is 4.31 Å². The first-order valence-electron chi connectivity index (χ1n) is 7.36. The highest BCUT2D eigenvalue weighted by molar-refractivity contribution is 9.10. The van der Waals surface area contributed by atoms with Gasteiger partial charge in [0, 0.05) is 36.7 Å². The van der Waals surface area contributed by atoms with Gasteiger partial charge in [-0.1, -0.05) is 21.1 Å². The molecule has 0 N–H and O–H groups in total. The topological polar surface area (TPSA) is 83.7 Å². The standard InChI is InChI=1S/C15H16BrN3O4S/c1-11-10-14(17-23-11)15(20)18-6-8-19(9-7-18)24(21,22)13-4-2-12(16)3-5-13/h2-5,10H,6-9H2,1H3. The van der Waals surface area contributed by atoms with Crippen LogP contribution >= 0.6 is 15.9 Å². The number of aryl methyl sites for hydroxylation is 1. The van der Waals surface area contributed by atoms with Crippen LogP contribution in [0.15, 0.2) is 44.2 Å². The molecule has 1 aliphatic heterocycles. The predicted molar refractivity (Wildman–Crippen MR) is 90.0 cm³/mol. The number of hydrogen-bond acceptors (Lipinski definition) is 5. The smallest absolute Gasteiger partial charge is 0.276 e. The second kappa shape index (κ2) is 6.66. The van der Waals surface area contributed by atoms with Crippen molar-refractivity contribution in [1.82, 2.24) is 14.4 Å². The maximum absolute atomic E-state index is 12.6. The highest BCUT2D eigenvalue weighted by atomic mass is 79.9. The number of amides is 1. The van der Waals surface area contributed by atoms with Gasteiger partial charge < -0.3 is 9.42 Å². The van der Waals surface area contributed by atoms with Crippen LogP contribution in [0, 0.1) is 6.92 Å². The molecule has 24 heavy (non-hydrogen) atoms. The summed E-state index contributed by atoms with van der Waals surface area (Å²) < 4.78 is 32.4. The Bertz CT molecular complexity index is 840. The number of carbonyl (C=O) groups excluding carboxylic acids is 1. The molecule has 0 aliphatic carbocycles. The molecule has 0 atom stereocenters. The number of aromatic nitrogens is 1. The summed E-state index contributed by atoms with van der Waals surface area (Å²) in [4.78, 5) is 14.1. The minimum absolute atomic E-state index is 0.243. The van der Waals surface area contributed by atoms with Crippen molar-refractivity contribution in [2.24, 2.45) is 0 Å². The molecule has 0 bridgehead atoms. The van der Waals surface area contributed by atoms with Gasteiger partial charge in [-0.15, -0.1) is 0 Å². The van der Waals surface area contributed by atoms with Crippen molar-refractivity contribution in [2.75, 3.05) is 26.2 Å². The number of carbonyl (C=O) groups is 1. The molecule has 1 fully saturated rings. The molecule has 0 saturated carbocycles. The third kappa shape index (κ3) is 3.38. The Labute approximate surface area is 148 Å². The summed E-state index contributed by atoms with van der Waals surface area (Å²) in [7, 11) is -3.55. The summed E-state index contributed by atoms with van der Waals surface area (Å²) in [6.45, 7) is 2.86. The average Bonchev–Trinajstić information content (AvgIpc) is 3.01. The van der Waals surface area contributed by atoms with E-state index in [2.05, 4.69) is 21.1 Å². The molecule has 1 saturated heterocycles. The normalized spacial score (nSPS) is 16.3. The van der Waals surface area contributed by atoms with Crippen LogP contribution in [0.3, 0.4) is 0 Å².